The molecule has 0 spiro atoms. The van der Waals surface area contributed by atoms with Crippen LogP contribution in [0, 0.1) is 0 Å². The number of Topliss-reactive ketones (excluding diaryl/α,β-unsaturated/α-hetero) is 1. The molecule has 2 rings (SSSR count). The van der Waals surface area contributed by atoms with Crippen LogP contribution in [-0.4, -0.2) is 18.4 Å². The molecule has 1 aromatic carbocycles. The number of ketones is 1. The van der Waals surface area contributed by atoms with Gasteiger partial charge in [0.1, 0.15) is 13.0 Å². The van der Waals surface area contributed by atoms with Gasteiger partial charge in [0.05, 0.1) is 6.61 Å². The fourth-order valence-corrected chi connectivity index (χ4v) is 3.32. The molecule has 0 bridgehead atoms. The molecule has 5 nitrogen and oxygen atoms in total. The van der Waals surface area contributed by atoms with Crippen LogP contribution in [0.2, 0.25) is 0 Å². The van der Waals surface area contributed by atoms with E-state index in [1.807, 2.05) is 30.3 Å². The summed E-state index contributed by atoms with van der Waals surface area (Å²) in [5.74, 6) is -0.545. The van der Waals surface area contributed by atoms with E-state index in [1.54, 1.807) is 12.1 Å². The topological polar surface area (TPSA) is 65.7 Å². The van der Waals surface area contributed by atoms with E-state index in [1.165, 1.54) is 51.4 Å². The van der Waals surface area contributed by atoms with Gasteiger partial charge >= 0.3 is 5.97 Å². The van der Waals surface area contributed by atoms with E-state index in [9.17, 15) is 9.59 Å². The number of unbranched alkanes of at least 4 members (excludes halogenated alkanes) is 9. The lowest BCUT2D eigenvalue weighted by Crippen LogP contribution is -2.11. The zero-order valence-electron chi connectivity index (χ0n) is 18.8. The largest absolute Gasteiger partial charge is 0.465 e. The van der Waals surface area contributed by atoms with Crippen LogP contribution >= 0.6 is 0 Å². The summed E-state index contributed by atoms with van der Waals surface area (Å²) < 4.78 is 16.1. The molecule has 0 saturated heterocycles. The first-order valence-corrected chi connectivity index (χ1v) is 11.6. The van der Waals surface area contributed by atoms with Gasteiger partial charge in [0, 0.05) is 6.07 Å². The molecule has 1 heterocycles. The summed E-state index contributed by atoms with van der Waals surface area (Å²) in [5.41, 5.74) is 0.879. The number of carbonyl (C=O) groups is 2. The van der Waals surface area contributed by atoms with E-state index in [4.69, 9.17) is 13.9 Å². The summed E-state index contributed by atoms with van der Waals surface area (Å²) in [7, 11) is 0. The minimum absolute atomic E-state index is 0.120. The lowest BCUT2D eigenvalue weighted by Gasteiger charge is -2.04. The third kappa shape index (κ3) is 10.9. The van der Waals surface area contributed by atoms with Crippen molar-refractivity contribution in [3.63, 3.8) is 0 Å². The molecule has 0 N–H and O–H groups in total. The highest BCUT2D eigenvalue weighted by Gasteiger charge is 2.17. The molecule has 0 radical (unpaired) electrons. The number of hydrogen-bond acceptors (Lipinski definition) is 5. The second-order valence-electron chi connectivity index (χ2n) is 7.90. The van der Waals surface area contributed by atoms with Crippen LogP contribution in [0.4, 0.5) is 0 Å². The highest BCUT2D eigenvalue weighted by atomic mass is 16.6. The van der Waals surface area contributed by atoms with Crippen LogP contribution < -0.4 is 4.74 Å². The first-order valence-electron chi connectivity index (χ1n) is 11.6. The summed E-state index contributed by atoms with van der Waals surface area (Å²) in [6.45, 7) is 2.96. The van der Waals surface area contributed by atoms with Gasteiger partial charge < -0.3 is 13.9 Å². The fourth-order valence-electron chi connectivity index (χ4n) is 3.32. The molecule has 0 aliphatic rings. The molecule has 0 atom stereocenters. The quantitative estimate of drug-likeness (QED) is 0.119. The normalized spacial score (nSPS) is 10.7. The van der Waals surface area contributed by atoms with Crippen molar-refractivity contribution in [2.45, 2.75) is 84.2 Å². The van der Waals surface area contributed by atoms with Crippen LogP contribution in [0.3, 0.4) is 0 Å². The van der Waals surface area contributed by atoms with E-state index < -0.39 is 11.8 Å². The van der Waals surface area contributed by atoms with E-state index in [0.717, 1.165) is 18.4 Å². The predicted molar refractivity (Wildman–Crippen MR) is 121 cm³/mol. The van der Waals surface area contributed by atoms with Crippen LogP contribution in [0.5, 0.6) is 5.95 Å². The summed E-state index contributed by atoms with van der Waals surface area (Å²) in [4.78, 5) is 24.1. The van der Waals surface area contributed by atoms with Gasteiger partial charge in [-0.25, -0.2) is 0 Å². The smallest absolute Gasteiger partial charge is 0.314 e. The van der Waals surface area contributed by atoms with Crippen LogP contribution in [0.1, 0.15) is 93.7 Å². The van der Waals surface area contributed by atoms with Gasteiger partial charge in [-0.1, -0.05) is 95.0 Å². The Hall–Kier alpha value is -2.56. The van der Waals surface area contributed by atoms with Gasteiger partial charge in [-0.3, -0.25) is 9.59 Å². The molecule has 0 unspecified atom stereocenters. The third-order valence-corrected chi connectivity index (χ3v) is 5.15. The van der Waals surface area contributed by atoms with Crippen molar-refractivity contribution in [2.24, 2.45) is 0 Å². The van der Waals surface area contributed by atoms with Gasteiger partial charge in [0.25, 0.3) is 5.95 Å². The molecule has 0 amide bonds. The molecule has 170 valence electrons. The van der Waals surface area contributed by atoms with Crippen molar-refractivity contribution in [3.05, 3.63) is 53.8 Å². The summed E-state index contributed by atoms with van der Waals surface area (Å²) in [5, 5.41) is 0. The Kier molecular flexibility index (Phi) is 12.2. The molecule has 0 aliphatic heterocycles. The highest BCUT2D eigenvalue weighted by Crippen LogP contribution is 2.18. The molecule has 31 heavy (non-hydrogen) atoms. The lowest BCUT2D eigenvalue weighted by molar-refractivity contribution is -0.143. The maximum atomic E-state index is 12.2. The van der Waals surface area contributed by atoms with Crippen LogP contribution in [0.25, 0.3) is 0 Å². The van der Waals surface area contributed by atoms with Gasteiger partial charge in [0.2, 0.25) is 5.78 Å². The first kappa shape index (κ1) is 24.7. The van der Waals surface area contributed by atoms with Gasteiger partial charge in [-0.05, 0) is 18.1 Å². The minimum Gasteiger partial charge on any atom is -0.465 e. The number of ether oxygens (including phenoxy) is 2. The van der Waals surface area contributed by atoms with Crippen molar-refractivity contribution < 1.29 is 23.5 Å². The molecule has 0 saturated carbocycles. The monoisotopic (exact) mass is 428 g/mol. The number of hydrogen-bond donors (Lipinski definition) is 0. The van der Waals surface area contributed by atoms with Gasteiger partial charge in [-0.2, -0.15) is 0 Å². The number of rotatable bonds is 17. The zero-order valence-corrected chi connectivity index (χ0v) is 18.8. The van der Waals surface area contributed by atoms with Crippen molar-refractivity contribution >= 4 is 11.8 Å². The minimum atomic E-state index is -0.571. The maximum absolute atomic E-state index is 12.2. The Balaban J connectivity index is 1.53. The average molecular weight is 429 g/mol. The molecular weight excluding hydrogens is 392 g/mol. The molecular formula is C26H36O5. The Morgan fingerprint density at radius 1 is 0.806 bits per heavy atom. The molecule has 2 aromatic rings. The van der Waals surface area contributed by atoms with Gasteiger partial charge in [0.15, 0.2) is 5.76 Å². The van der Waals surface area contributed by atoms with Crippen molar-refractivity contribution in [1.82, 2.24) is 0 Å². The van der Waals surface area contributed by atoms with Crippen LogP contribution in [0.15, 0.2) is 46.9 Å². The predicted octanol–water partition coefficient (Wildman–Crippen LogP) is 6.90. The molecule has 0 fully saturated rings. The Labute approximate surface area is 186 Å². The molecule has 1 aromatic heterocycles. The third-order valence-electron chi connectivity index (χ3n) is 5.15. The van der Waals surface area contributed by atoms with Crippen molar-refractivity contribution in [1.29, 1.82) is 0 Å². The number of benzene rings is 1. The van der Waals surface area contributed by atoms with E-state index in [0.29, 0.717) is 12.6 Å². The highest BCUT2D eigenvalue weighted by molar-refractivity contribution is 6.04. The summed E-state index contributed by atoms with van der Waals surface area (Å²) in [6.07, 6.45) is 12.3. The second kappa shape index (κ2) is 15.3. The van der Waals surface area contributed by atoms with Crippen molar-refractivity contribution in [3.8, 4) is 5.95 Å². The summed E-state index contributed by atoms with van der Waals surface area (Å²) in [6, 6.07) is 12.5. The van der Waals surface area contributed by atoms with E-state index >= 15 is 0 Å². The average Bonchev–Trinajstić information content (AvgIpc) is 3.26. The lowest BCUT2D eigenvalue weighted by atomic mass is 10.1. The SMILES string of the molecule is CCCCCCCCCCCCOc1ccc(C(=O)CC(=O)OCc2ccccc2)o1. The molecule has 5 heteroatoms. The second-order valence-corrected chi connectivity index (χ2v) is 7.90. The van der Waals surface area contributed by atoms with E-state index in [-0.39, 0.29) is 18.8 Å². The Morgan fingerprint density at radius 3 is 2.13 bits per heavy atom. The number of esters is 1. The maximum Gasteiger partial charge on any atom is 0.314 e. The van der Waals surface area contributed by atoms with Crippen LogP contribution in [-0.2, 0) is 16.1 Å². The number of carbonyl (C=O) groups excluding carboxylic acids is 2. The summed E-state index contributed by atoms with van der Waals surface area (Å²) >= 11 is 0. The van der Waals surface area contributed by atoms with Gasteiger partial charge in [-0.15, -0.1) is 0 Å². The fraction of sp³-hybridized carbons (Fsp3) is 0.538. The Morgan fingerprint density at radius 2 is 1.45 bits per heavy atom. The van der Waals surface area contributed by atoms with E-state index in [2.05, 4.69) is 6.92 Å². The molecule has 0 aliphatic carbocycles. The zero-order chi connectivity index (χ0) is 22.2. The standard InChI is InChI=1S/C26H36O5/c1-2-3-4-5-6-7-8-9-10-14-19-29-26-18-17-24(31-26)23(27)20-25(28)30-21-22-15-12-11-13-16-22/h11-13,15-18H,2-10,14,19-21H2,1H3. The number of furan rings is 1. The first-order chi connectivity index (χ1) is 15.2. The Bertz CT molecular complexity index is 750. The van der Waals surface area contributed by atoms with Crippen molar-refractivity contribution in [2.75, 3.05) is 6.61 Å².